The second-order valence-corrected chi connectivity index (χ2v) is 9.01. The number of aliphatic hydroxyl groups excluding tert-OH is 1. The molecule has 0 aliphatic carbocycles. The molecular formula is C24H21Cl3N2OS. The molecule has 0 amide bonds. The minimum absolute atomic E-state index is 0. The minimum atomic E-state index is -0.704. The molecule has 1 heterocycles. The van der Waals surface area contributed by atoms with Gasteiger partial charge in [-0.3, -0.25) is 0 Å². The van der Waals surface area contributed by atoms with E-state index in [0.29, 0.717) is 22.2 Å². The van der Waals surface area contributed by atoms with Crippen LogP contribution in [0.15, 0.2) is 101 Å². The molecule has 160 valence electrons. The molecule has 0 saturated carbocycles. The van der Waals surface area contributed by atoms with Crippen LogP contribution < -0.4 is 17.0 Å². The molecule has 0 fully saturated rings. The summed E-state index contributed by atoms with van der Waals surface area (Å²) in [6.07, 6.45) is 5.24. The summed E-state index contributed by atoms with van der Waals surface area (Å²) in [6, 6.07) is 24.1. The molecule has 3 nitrogen and oxygen atoms in total. The zero-order valence-corrected chi connectivity index (χ0v) is 19.6. The molecule has 1 unspecified atom stereocenters. The van der Waals surface area contributed by atoms with Crippen molar-refractivity contribution in [2.75, 3.05) is 0 Å². The molecule has 4 aromatic rings. The van der Waals surface area contributed by atoms with Crippen molar-refractivity contribution in [2.24, 2.45) is 0 Å². The van der Waals surface area contributed by atoms with Crippen molar-refractivity contribution in [3.05, 3.63) is 113 Å². The maximum absolute atomic E-state index is 10.5. The number of halogens is 3. The van der Waals surface area contributed by atoms with Crippen LogP contribution in [0.2, 0.25) is 10.0 Å². The van der Waals surface area contributed by atoms with Gasteiger partial charge in [0.1, 0.15) is 31.6 Å². The van der Waals surface area contributed by atoms with Gasteiger partial charge in [-0.15, -0.1) is 0 Å². The molecule has 0 radical (unpaired) electrons. The summed E-state index contributed by atoms with van der Waals surface area (Å²) < 4.78 is 4.05. The Balaban J connectivity index is 0.00000272. The second-order valence-electron chi connectivity index (χ2n) is 7.02. The first-order valence-electron chi connectivity index (χ1n) is 9.56. The van der Waals surface area contributed by atoms with E-state index in [0.717, 1.165) is 6.54 Å². The number of aliphatic hydroxyl groups is 1. The quantitative estimate of drug-likeness (QED) is 0.403. The molecule has 0 aliphatic heterocycles. The molecule has 1 atom stereocenters. The van der Waals surface area contributed by atoms with Crippen LogP contribution in [-0.4, -0.2) is 9.67 Å². The smallest absolute Gasteiger partial charge is 0.244 e. The van der Waals surface area contributed by atoms with Crippen LogP contribution in [0.3, 0.4) is 0 Å². The molecule has 3 aromatic carbocycles. The van der Waals surface area contributed by atoms with E-state index in [2.05, 4.69) is 53.1 Å². The Morgan fingerprint density at radius 1 is 0.935 bits per heavy atom. The zero-order chi connectivity index (χ0) is 20.9. The van der Waals surface area contributed by atoms with Crippen LogP contribution >= 0.6 is 35.0 Å². The molecule has 0 saturated heterocycles. The fourth-order valence-corrected chi connectivity index (χ4v) is 4.58. The summed E-state index contributed by atoms with van der Waals surface area (Å²) in [6.45, 7) is 1.18. The van der Waals surface area contributed by atoms with E-state index in [1.54, 1.807) is 30.0 Å². The fraction of sp³-hybridized carbons (Fsp3) is 0.125. The molecular weight excluding hydrogens is 471 g/mol. The van der Waals surface area contributed by atoms with Crippen LogP contribution in [0, 0.1) is 0 Å². The molecule has 1 aromatic heterocycles. The fourth-order valence-electron chi connectivity index (χ4n) is 3.21. The van der Waals surface area contributed by atoms with E-state index >= 15 is 0 Å². The number of rotatable bonds is 7. The number of hydrogen-bond acceptors (Lipinski definition) is 2. The molecule has 7 heteroatoms. The lowest BCUT2D eigenvalue weighted by Crippen LogP contribution is -3.00. The molecule has 0 aliphatic rings. The van der Waals surface area contributed by atoms with Crippen molar-refractivity contribution in [2.45, 2.75) is 29.0 Å². The highest BCUT2D eigenvalue weighted by atomic mass is 35.5. The van der Waals surface area contributed by atoms with Crippen LogP contribution in [0.1, 0.15) is 17.2 Å². The largest absolute Gasteiger partial charge is 1.00 e. The minimum Gasteiger partial charge on any atom is -1.00 e. The van der Waals surface area contributed by atoms with Gasteiger partial charge >= 0.3 is 0 Å². The van der Waals surface area contributed by atoms with E-state index in [1.807, 2.05) is 29.4 Å². The maximum atomic E-state index is 10.5. The molecule has 1 N–H and O–H groups in total. The van der Waals surface area contributed by atoms with Gasteiger partial charge in [0.2, 0.25) is 6.33 Å². The molecule has 4 rings (SSSR count). The van der Waals surface area contributed by atoms with Crippen molar-refractivity contribution in [3.63, 3.8) is 0 Å². The molecule has 0 spiro atoms. The van der Waals surface area contributed by atoms with Gasteiger partial charge in [0, 0.05) is 25.4 Å². The Bertz CT molecular complexity index is 1120. The summed E-state index contributed by atoms with van der Waals surface area (Å²) in [5.41, 5.74) is 1.89. The first-order chi connectivity index (χ1) is 14.6. The van der Waals surface area contributed by atoms with Crippen LogP contribution in [0.4, 0.5) is 0 Å². The van der Waals surface area contributed by atoms with Gasteiger partial charge in [0.05, 0.1) is 0 Å². The predicted molar refractivity (Wildman–Crippen MR) is 122 cm³/mol. The van der Waals surface area contributed by atoms with E-state index in [-0.39, 0.29) is 12.4 Å². The summed E-state index contributed by atoms with van der Waals surface area (Å²) in [5.74, 6) is 0. The third-order valence-corrected chi connectivity index (χ3v) is 6.30. The second kappa shape index (κ2) is 11.1. The predicted octanol–water partition coefficient (Wildman–Crippen LogP) is 3.02. The van der Waals surface area contributed by atoms with Crippen molar-refractivity contribution in [1.82, 2.24) is 4.57 Å². The zero-order valence-electron chi connectivity index (χ0n) is 16.5. The molecule has 31 heavy (non-hydrogen) atoms. The van der Waals surface area contributed by atoms with Gasteiger partial charge < -0.3 is 17.5 Å². The number of hydrogen-bond donors (Lipinski definition) is 1. The van der Waals surface area contributed by atoms with Gasteiger partial charge in [-0.05, 0) is 42.0 Å². The number of benzene rings is 3. The lowest BCUT2D eigenvalue weighted by atomic mass is 10.1. The van der Waals surface area contributed by atoms with Gasteiger partial charge in [0.15, 0.2) is 0 Å². The average Bonchev–Trinajstić information content (AvgIpc) is 3.17. The third kappa shape index (κ3) is 6.52. The average molecular weight is 492 g/mol. The summed E-state index contributed by atoms with van der Waals surface area (Å²) in [4.78, 5) is 2.45. The Hall–Kier alpha value is -1.95. The number of imidazole rings is 1. The Kier molecular flexibility index (Phi) is 8.47. The topological polar surface area (TPSA) is 29.0 Å². The lowest BCUT2D eigenvalue weighted by Gasteiger charge is -2.10. The number of aromatic nitrogens is 2. The van der Waals surface area contributed by atoms with E-state index < -0.39 is 6.10 Å². The van der Waals surface area contributed by atoms with Crippen LogP contribution in [0.5, 0.6) is 0 Å². The van der Waals surface area contributed by atoms with Crippen LogP contribution in [0.25, 0.3) is 0 Å². The van der Waals surface area contributed by atoms with E-state index in [9.17, 15) is 5.11 Å². The van der Waals surface area contributed by atoms with Crippen LogP contribution in [-0.2, 0) is 13.1 Å². The van der Waals surface area contributed by atoms with E-state index in [4.69, 9.17) is 23.2 Å². The summed E-state index contributed by atoms with van der Waals surface area (Å²) >= 11 is 13.9. The normalized spacial score (nSPS) is 11.7. The highest BCUT2D eigenvalue weighted by Crippen LogP contribution is 2.28. The van der Waals surface area contributed by atoms with Gasteiger partial charge in [-0.2, -0.15) is 0 Å². The standard InChI is InChI=1S/C24H21Cl2N2OS.ClH/c25-19-8-11-22(23(26)14-19)24(29)16-28-13-12-27(17-28)15-18-6-9-21(10-7-18)30-20-4-2-1-3-5-20;/h1-14,17,24,29H,15-16H2;1H/q+1;/p-1. The lowest BCUT2D eigenvalue weighted by molar-refractivity contribution is -0.687. The van der Waals surface area contributed by atoms with Crippen molar-refractivity contribution < 1.29 is 22.1 Å². The van der Waals surface area contributed by atoms with Crippen molar-refractivity contribution >= 4 is 35.0 Å². The van der Waals surface area contributed by atoms with Crippen molar-refractivity contribution in [3.8, 4) is 0 Å². The van der Waals surface area contributed by atoms with Gasteiger partial charge in [-0.1, -0.05) is 71.4 Å². The monoisotopic (exact) mass is 490 g/mol. The van der Waals surface area contributed by atoms with Gasteiger partial charge in [-0.25, -0.2) is 9.13 Å². The summed E-state index contributed by atoms with van der Waals surface area (Å²) in [5, 5.41) is 11.6. The Morgan fingerprint density at radius 2 is 1.65 bits per heavy atom. The SMILES string of the molecule is OC(Cn1cc[n+](Cc2ccc(Sc3ccccc3)cc2)c1)c1ccc(Cl)cc1Cl.[Cl-]. The maximum Gasteiger partial charge on any atom is 0.244 e. The molecule has 0 bridgehead atoms. The highest BCUT2D eigenvalue weighted by molar-refractivity contribution is 7.99. The summed E-state index contributed by atoms with van der Waals surface area (Å²) in [7, 11) is 0. The first kappa shape index (κ1) is 23.7. The van der Waals surface area contributed by atoms with Crippen molar-refractivity contribution in [1.29, 1.82) is 0 Å². The highest BCUT2D eigenvalue weighted by Gasteiger charge is 2.16. The Morgan fingerprint density at radius 3 is 2.35 bits per heavy atom. The third-order valence-electron chi connectivity index (χ3n) is 4.72. The van der Waals surface area contributed by atoms with Gasteiger partial charge in [0.25, 0.3) is 0 Å². The Labute approximate surface area is 202 Å². The van der Waals surface area contributed by atoms with E-state index in [1.165, 1.54) is 15.4 Å². The number of nitrogens with zero attached hydrogens (tertiary/aromatic N) is 2. The first-order valence-corrected chi connectivity index (χ1v) is 11.1.